The molecule has 2 rings (SSSR count). The highest BCUT2D eigenvalue weighted by atomic mass is 32.2. The fraction of sp³-hybridized carbons (Fsp3) is 0.429. The molecule has 1 aromatic heterocycles. The predicted octanol–water partition coefficient (Wildman–Crippen LogP) is 3.82. The maximum atomic E-state index is 13.1. The number of fused-ring (bicyclic) bond motifs is 1. The highest BCUT2D eigenvalue weighted by Gasteiger charge is 2.23. The normalized spacial score (nSPS) is 15.5. The van der Waals surface area contributed by atoms with E-state index >= 15 is 0 Å². The van der Waals surface area contributed by atoms with Crippen molar-refractivity contribution in [3.8, 4) is 0 Å². The third kappa shape index (κ3) is 3.07. The van der Waals surface area contributed by atoms with Crippen LogP contribution in [-0.2, 0) is 11.0 Å². The number of nitrogens with one attached hydrogen (secondary N) is 1. The second-order valence-corrected chi connectivity index (χ2v) is 7.67. The first-order valence-electron chi connectivity index (χ1n) is 6.25. The summed E-state index contributed by atoms with van der Waals surface area (Å²) in [5.41, 5.74) is 0.272. The Morgan fingerprint density at radius 3 is 2.40 bits per heavy atom. The van der Waals surface area contributed by atoms with E-state index in [1.807, 2.05) is 20.8 Å². The van der Waals surface area contributed by atoms with Crippen molar-refractivity contribution >= 4 is 22.0 Å². The summed E-state index contributed by atoms with van der Waals surface area (Å²) in [4.78, 5) is 0. The standard InChI is InChI=1S/C14H17F2NO2S/c1-8(17-20(18)14(2,3)4)12-6-9-5-10(15)11(16)7-13(9)19-12/h5-8,17H,1-4H3/t8-,20?/m1/s1. The fourth-order valence-electron chi connectivity index (χ4n) is 1.66. The Morgan fingerprint density at radius 2 is 1.80 bits per heavy atom. The summed E-state index contributed by atoms with van der Waals surface area (Å²) in [6.45, 7) is 7.35. The van der Waals surface area contributed by atoms with E-state index in [0.29, 0.717) is 11.1 Å². The van der Waals surface area contributed by atoms with Crippen molar-refractivity contribution in [2.75, 3.05) is 0 Å². The molecule has 0 saturated carbocycles. The molecule has 1 unspecified atom stereocenters. The lowest BCUT2D eigenvalue weighted by Crippen LogP contribution is -2.34. The van der Waals surface area contributed by atoms with Crippen LogP contribution >= 0.6 is 0 Å². The van der Waals surface area contributed by atoms with Gasteiger partial charge in [-0.15, -0.1) is 0 Å². The lowest BCUT2D eigenvalue weighted by molar-refractivity contribution is 0.484. The molecular formula is C14H17F2NO2S. The van der Waals surface area contributed by atoms with Gasteiger partial charge in [-0.3, -0.25) is 0 Å². The zero-order valence-corrected chi connectivity index (χ0v) is 12.6. The molecule has 2 atom stereocenters. The minimum absolute atomic E-state index is 0.272. The smallest absolute Gasteiger partial charge is 0.162 e. The quantitative estimate of drug-likeness (QED) is 0.936. The van der Waals surface area contributed by atoms with Crippen molar-refractivity contribution < 1.29 is 17.4 Å². The number of hydrogen-bond donors (Lipinski definition) is 1. The van der Waals surface area contributed by atoms with Crippen LogP contribution in [0, 0.1) is 11.6 Å². The Kier molecular flexibility index (Phi) is 3.97. The molecule has 110 valence electrons. The van der Waals surface area contributed by atoms with Gasteiger partial charge in [0.05, 0.1) is 21.8 Å². The van der Waals surface area contributed by atoms with Gasteiger partial charge in [0, 0.05) is 11.5 Å². The first-order valence-corrected chi connectivity index (χ1v) is 7.40. The van der Waals surface area contributed by atoms with Crippen LogP contribution in [0.1, 0.15) is 39.5 Å². The van der Waals surface area contributed by atoms with Gasteiger partial charge in [-0.1, -0.05) is 0 Å². The Labute approximate surface area is 118 Å². The maximum absolute atomic E-state index is 13.1. The Balaban J connectivity index is 2.27. The highest BCUT2D eigenvalue weighted by molar-refractivity contribution is 7.84. The van der Waals surface area contributed by atoms with Crippen molar-refractivity contribution in [3.05, 3.63) is 35.6 Å². The van der Waals surface area contributed by atoms with E-state index in [4.69, 9.17) is 4.42 Å². The van der Waals surface area contributed by atoms with Crippen molar-refractivity contribution in [1.82, 2.24) is 4.72 Å². The summed E-state index contributed by atoms with van der Waals surface area (Å²) in [6, 6.07) is 3.40. The average Bonchev–Trinajstić information content (AvgIpc) is 2.71. The van der Waals surface area contributed by atoms with E-state index in [0.717, 1.165) is 12.1 Å². The molecule has 0 aliphatic carbocycles. The lowest BCUT2D eigenvalue weighted by atomic mass is 10.2. The molecule has 3 nitrogen and oxygen atoms in total. The van der Waals surface area contributed by atoms with Crippen LogP contribution in [0.4, 0.5) is 8.78 Å². The van der Waals surface area contributed by atoms with E-state index in [2.05, 4.69) is 4.72 Å². The monoisotopic (exact) mass is 301 g/mol. The van der Waals surface area contributed by atoms with E-state index in [-0.39, 0.29) is 11.6 Å². The van der Waals surface area contributed by atoms with E-state index < -0.39 is 27.4 Å². The summed E-state index contributed by atoms with van der Waals surface area (Å²) < 4.78 is 46.3. The summed E-state index contributed by atoms with van der Waals surface area (Å²) in [5.74, 6) is -1.37. The summed E-state index contributed by atoms with van der Waals surface area (Å²) >= 11 is 0. The van der Waals surface area contributed by atoms with Gasteiger partial charge in [0.15, 0.2) is 11.6 Å². The maximum Gasteiger partial charge on any atom is 0.162 e. The van der Waals surface area contributed by atoms with E-state index in [1.54, 1.807) is 13.0 Å². The molecule has 0 aliphatic rings. The van der Waals surface area contributed by atoms with Crippen LogP contribution in [0.5, 0.6) is 0 Å². The molecular weight excluding hydrogens is 284 g/mol. The lowest BCUT2D eigenvalue weighted by Gasteiger charge is -2.20. The molecule has 1 heterocycles. The van der Waals surface area contributed by atoms with Crippen LogP contribution in [0.3, 0.4) is 0 Å². The van der Waals surface area contributed by atoms with Crippen molar-refractivity contribution in [2.45, 2.75) is 38.5 Å². The van der Waals surface area contributed by atoms with Crippen LogP contribution in [0.15, 0.2) is 22.6 Å². The summed E-state index contributed by atoms with van der Waals surface area (Å²) in [5, 5.41) is 0.481. The van der Waals surface area contributed by atoms with Gasteiger partial charge in [-0.05, 0) is 39.8 Å². The number of rotatable bonds is 3. The summed E-state index contributed by atoms with van der Waals surface area (Å²) in [7, 11) is -1.26. The van der Waals surface area contributed by atoms with Gasteiger partial charge >= 0.3 is 0 Å². The molecule has 0 bridgehead atoms. The minimum Gasteiger partial charge on any atom is -0.459 e. The van der Waals surface area contributed by atoms with Gasteiger partial charge in [0.1, 0.15) is 11.3 Å². The van der Waals surface area contributed by atoms with Gasteiger partial charge in [0.2, 0.25) is 0 Å². The zero-order valence-electron chi connectivity index (χ0n) is 11.8. The Hall–Kier alpha value is -1.27. The summed E-state index contributed by atoms with van der Waals surface area (Å²) in [6.07, 6.45) is 0. The number of furan rings is 1. The largest absolute Gasteiger partial charge is 0.459 e. The molecule has 6 heteroatoms. The first kappa shape index (κ1) is 15.1. The van der Waals surface area contributed by atoms with Gasteiger partial charge in [-0.25, -0.2) is 17.7 Å². The van der Waals surface area contributed by atoms with Crippen LogP contribution < -0.4 is 4.72 Å². The molecule has 0 fully saturated rings. The first-order chi connectivity index (χ1) is 9.18. The van der Waals surface area contributed by atoms with Gasteiger partial charge < -0.3 is 4.42 Å². The SMILES string of the molecule is C[C@@H](NS(=O)C(C)(C)C)c1cc2cc(F)c(F)cc2o1. The number of benzene rings is 1. The predicted molar refractivity (Wildman–Crippen MR) is 75.6 cm³/mol. The molecule has 0 saturated heterocycles. The zero-order chi connectivity index (χ0) is 15.1. The minimum atomic E-state index is -1.26. The van der Waals surface area contributed by atoms with Crippen molar-refractivity contribution in [3.63, 3.8) is 0 Å². The molecule has 1 aromatic carbocycles. The van der Waals surface area contributed by atoms with Crippen molar-refractivity contribution in [1.29, 1.82) is 0 Å². The molecule has 20 heavy (non-hydrogen) atoms. The van der Waals surface area contributed by atoms with Crippen LogP contribution in [0.2, 0.25) is 0 Å². The molecule has 0 aliphatic heterocycles. The molecule has 0 radical (unpaired) electrons. The van der Waals surface area contributed by atoms with Crippen molar-refractivity contribution in [2.24, 2.45) is 0 Å². The average molecular weight is 301 g/mol. The van der Waals surface area contributed by atoms with E-state index in [1.165, 1.54) is 0 Å². The third-order valence-electron chi connectivity index (χ3n) is 2.85. The van der Waals surface area contributed by atoms with Gasteiger partial charge in [0.25, 0.3) is 0 Å². The van der Waals surface area contributed by atoms with E-state index in [9.17, 15) is 13.0 Å². The second-order valence-electron chi connectivity index (χ2n) is 5.67. The molecule has 0 amide bonds. The third-order valence-corrected chi connectivity index (χ3v) is 4.53. The van der Waals surface area contributed by atoms with Gasteiger partial charge in [-0.2, -0.15) is 0 Å². The number of halogens is 2. The molecule has 2 aromatic rings. The number of hydrogen-bond acceptors (Lipinski definition) is 2. The molecule has 0 spiro atoms. The Bertz CT molecular complexity index is 622. The van der Waals surface area contributed by atoms with Crippen LogP contribution in [0.25, 0.3) is 11.0 Å². The highest BCUT2D eigenvalue weighted by Crippen LogP contribution is 2.26. The topological polar surface area (TPSA) is 42.2 Å². The Morgan fingerprint density at radius 1 is 1.20 bits per heavy atom. The van der Waals surface area contributed by atoms with Crippen LogP contribution in [-0.4, -0.2) is 8.96 Å². The fourth-order valence-corrected chi connectivity index (χ4v) is 2.45. The second kappa shape index (κ2) is 5.26. The molecule has 1 N–H and O–H groups in total.